The number of nitrogens with one attached hydrogen (secondary N) is 2. The maximum absolute atomic E-state index is 14.4. The minimum Gasteiger partial charge on any atom is -0.618 e. The average Bonchev–Trinajstić information content (AvgIpc) is 2.77. The van der Waals surface area contributed by atoms with Crippen LogP contribution >= 0.6 is 24.0 Å². The molecule has 0 saturated carbocycles. The Balaban J connectivity index is 0.00000408. The summed E-state index contributed by atoms with van der Waals surface area (Å²) in [5.41, 5.74) is -1.93. The van der Waals surface area contributed by atoms with Crippen LogP contribution in [0.4, 0.5) is 23.4 Å². The molecule has 2 aromatic heterocycles. The smallest absolute Gasteiger partial charge is 0.347 e. The molecule has 1 aromatic carbocycles. The quantitative estimate of drug-likeness (QED) is 0.269. The molecule has 0 aliphatic rings. The van der Waals surface area contributed by atoms with Gasteiger partial charge in [-0.2, -0.15) is 13.5 Å². The lowest BCUT2D eigenvalue weighted by Gasteiger charge is -2.17. The lowest BCUT2D eigenvalue weighted by Crippen LogP contribution is -2.41. The lowest BCUT2D eigenvalue weighted by molar-refractivity contribution is -0.624. The molecule has 0 radical (unpaired) electrons. The molecule has 0 aliphatic heterocycles. The van der Waals surface area contributed by atoms with Gasteiger partial charge in [0.25, 0.3) is 11.3 Å². The van der Waals surface area contributed by atoms with Crippen LogP contribution in [0.2, 0.25) is 5.15 Å². The third-order valence-corrected chi connectivity index (χ3v) is 4.77. The molecular weight excluding hydrogens is 505 g/mol. The molecule has 0 aliphatic carbocycles. The predicted octanol–water partition coefficient (Wildman–Crippen LogP) is 2.75. The van der Waals surface area contributed by atoms with Crippen LogP contribution in [-0.2, 0) is 23.8 Å². The molecule has 182 valence electrons. The Labute approximate surface area is 201 Å². The van der Waals surface area contributed by atoms with Crippen LogP contribution in [0, 0.1) is 16.8 Å². The van der Waals surface area contributed by atoms with Crippen molar-refractivity contribution in [1.29, 1.82) is 0 Å². The highest BCUT2D eigenvalue weighted by atomic mass is 35.5. The Morgan fingerprint density at radius 3 is 2.68 bits per heavy atom. The summed E-state index contributed by atoms with van der Waals surface area (Å²) in [6, 6.07) is 6.21. The van der Waals surface area contributed by atoms with Crippen LogP contribution < -0.4 is 20.9 Å². The molecule has 8 nitrogen and oxygen atoms in total. The first kappa shape index (κ1) is 26.9. The summed E-state index contributed by atoms with van der Waals surface area (Å²) in [5.74, 6) is -6.38. The normalized spacial score (nSPS) is 11.0. The molecule has 0 fully saturated rings. The number of carbonyl (C=O) groups is 1. The first-order valence-electron chi connectivity index (χ1n) is 9.35. The second-order valence-electron chi connectivity index (χ2n) is 6.80. The number of alkyl halides is 2. The number of amides is 1. The Morgan fingerprint density at radius 1 is 1.24 bits per heavy atom. The molecule has 0 spiro atoms. The second kappa shape index (κ2) is 11.2. The molecule has 3 aromatic rings. The molecule has 1 amide bonds. The van der Waals surface area contributed by atoms with Gasteiger partial charge in [0.2, 0.25) is 5.91 Å². The molecule has 3 rings (SSSR count). The zero-order valence-electron chi connectivity index (χ0n) is 17.1. The number of hydrogen-bond donors (Lipinski definition) is 2. The molecule has 0 bridgehead atoms. The molecule has 0 saturated heterocycles. The molecule has 14 heteroatoms. The fraction of sp³-hybridized carbons (Fsp3) is 0.200. The highest BCUT2D eigenvalue weighted by molar-refractivity contribution is 6.29. The van der Waals surface area contributed by atoms with E-state index in [4.69, 9.17) is 11.6 Å². The number of pyridine rings is 1. The number of benzene rings is 1. The Bertz CT molecular complexity index is 1240. The van der Waals surface area contributed by atoms with E-state index >= 15 is 0 Å². The van der Waals surface area contributed by atoms with E-state index in [0.29, 0.717) is 0 Å². The average molecular weight is 522 g/mol. The van der Waals surface area contributed by atoms with Gasteiger partial charge in [0.15, 0.2) is 12.0 Å². The summed E-state index contributed by atoms with van der Waals surface area (Å²) in [5, 5.41) is 15.8. The van der Waals surface area contributed by atoms with Crippen molar-refractivity contribution in [3.63, 3.8) is 0 Å². The van der Waals surface area contributed by atoms with Gasteiger partial charge in [-0.15, -0.1) is 12.4 Å². The van der Waals surface area contributed by atoms with Crippen molar-refractivity contribution in [2.45, 2.75) is 19.0 Å². The number of carbonyl (C=O) groups excluding carboxylic acids is 1. The highest BCUT2D eigenvalue weighted by Crippen LogP contribution is 2.25. The van der Waals surface area contributed by atoms with Gasteiger partial charge in [-0.1, -0.05) is 11.6 Å². The molecular formula is C20H17Cl2F4N5O3. The van der Waals surface area contributed by atoms with Crippen LogP contribution in [0.5, 0.6) is 0 Å². The minimum atomic E-state index is -3.64. The fourth-order valence-electron chi connectivity index (χ4n) is 2.81. The largest absolute Gasteiger partial charge is 0.618 e. The fourth-order valence-corrected chi connectivity index (χ4v) is 2.99. The minimum absolute atomic E-state index is 0. The summed E-state index contributed by atoms with van der Waals surface area (Å²) >= 11 is 5.91. The summed E-state index contributed by atoms with van der Waals surface area (Å²) in [7, 11) is 0. The molecule has 2 heterocycles. The lowest BCUT2D eigenvalue weighted by atomic mass is 10.2. The van der Waals surface area contributed by atoms with Crippen molar-refractivity contribution in [3.05, 3.63) is 92.4 Å². The van der Waals surface area contributed by atoms with Crippen molar-refractivity contribution in [3.8, 4) is 0 Å². The summed E-state index contributed by atoms with van der Waals surface area (Å²) in [6.45, 7) is -2.13. The third-order valence-electron chi connectivity index (χ3n) is 4.47. The van der Waals surface area contributed by atoms with Crippen molar-refractivity contribution in [1.82, 2.24) is 14.9 Å². The van der Waals surface area contributed by atoms with E-state index < -0.39 is 53.6 Å². The van der Waals surface area contributed by atoms with Gasteiger partial charge in [0.1, 0.15) is 23.3 Å². The molecule has 0 unspecified atom stereocenters. The van der Waals surface area contributed by atoms with Crippen molar-refractivity contribution in [2.24, 2.45) is 0 Å². The molecule has 34 heavy (non-hydrogen) atoms. The zero-order chi connectivity index (χ0) is 24.2. The van der Waals surface area contributed by atoms with Crippen molar-refractivity contribution in [2.75, 3.05) is 11.9 Å². The Morgan fingerprint density at radius 2 is 1.97 bits per heavy atom. The number of halogens is 6. The van der Waals surface area contributed by atoms with E-state index in [1.807, 2.05) is 0 Å². The van der Waals surface area contributed by atoms with Gasteiger partial charge in [0.05, 0.1) is 12.7 Å². The summed E-state index contributed by atoms with van der Waals surface area (Å²) in [6.07, 6.45) is 1.88. The van der Waals surface area contributed by atoms with Crippen LogP contribution in [0.3, 0.4) is 0 Å². The van der Waals surface area contributed by atoms with Gasteiger partial charge in [0, 0.05) is 24.2 Å². The van der Waals surface area contributed by atoms with Crippen molar-refractivity contribution >= 4 is 35.7 Å². The van der Waals surface area contributed by atoms with Gasteiger partial charge in [-0.25, -0.2) is 13.8 Å². The van der Waals surface area contributed by atoms with Crippen LogP contribution in [0.1, 0.15) is 11.3 Å². The summed E-state index contributed by atoms with van der Waals surface area (Å²) in [4.78, 5) is 28.4. The monoisotopic (exact) mass is 521 g/mol. The van der Waals surface area contributed by atoms with Crippen LogP contribution in [0.25, 0.3) is 0 Å². The molecule has 2 N–H and O–H groups in total. The highest BCUT2D eigenvalue weighted by Gasteiger charge is 2.39. The van der Waals surface area contributed by atoms with Gasteiger partial charge >= 0.3 is 5.92 Å². The number of nitrogens with zero attached hydrogens (tertiary/aromatic N) is 3. The van der Waals surface area contributed by atoms with E-state index in [1.165, 1.54) is 12.1 Å². The second-order valence-corrected chi connectivity index (χ2v) is 7.19. The SMILES string of the molecule is Cl.O=C(Cn1c(Cl)cnc(NCC(F)(F)c2cccc[n+]2[O-])c1=O)NCc1cc(F)ccc1F. The maximum atomic E-state index is 14.4. The van der Waals surface area contributed by atoms with Crippen molar-refractivity contribution < 1.29 is 27.1 Å². The van der Waals surface area contributed by atoms with E-state index in [2.05, 4.69) is 15.6 Å². The maximum Gasteiger partial charge on any atom is 0.347 e. The topological polar surface area (TPSA) is 103 Å². The van der Waals surface area contributed by atoms with Gasteiger partial charge in [-0.05, 0) is 24.3 Å². The van der Waals surface area contributed by atoms with Crippen LogP contribution in [0.15, 0.2) is 53.6 Å². The van der Waals surface area contributed by atoms with Gasteiger partial charge in [-0.3, -0.25) is 14.2 Å². The Kier molecular flexibility index (Phi) is 8.82. The first-order chi connectivity index (χ1) is 15.6. The van der Waals surface area contributed by atoms with Gasteiger partial charge < -0.3 is 15.8 Å². The standard InChI is InChI=1S/C20H16ClF4N5O3.ClH/c21-16-9-27-18(28-11-20(24,25)15-3-1-2-6-30(15)33)19(32)29(16)10-17(31)26-8-12-7-13(22)4-5-14(12)23;/h1-7,9H,8,10-11H2,(H,26,31)(H,27,28);1H. The molecule has 0 atom stereocenters. The Hall–Kier alpha value is -3.38. The number of aromatic nitrogens is 3. The predicted molar refractivity (Wildman–Crippen MR) is 117 cm³/mol. The van der Waals surface area contributed by atoms with E-state index in [-0.39, 0.29) is 34.4 Å². The van der Waals surface area contributed by atoms with E-state index in [1.54, 1.807) is 0 Å². The van der Waals surface area contributed by atoms with E-state index in [9.17, 15) is 32.4 Å². The van der Waals surface area contributed by atoms with E-state index in [0.717, 1.165) is 41.2 Å². The zero-order valence-corrected chi connectivity index (χ0v) is 18.7. The first-order valence-corrected chi connectivity index (χ1v) is 9.72. The number of hydrogen-bond acceptors (Lipinski definition) is 5. The number of rotatable bonds is 8. The van der Waals surface area contributed by atoms with Crippen LogP contribution in [-0.4, -0.2) is 22.0 Å². The summed E-state index contributed by atoms with van der Waals surface area (Å²) < 4.78 is 56.4. The third kappa shape index (κ3) is 6.35. The number of anilines is 1.